The van der Waals surface area contributed by atoms with Crippen LogP contribution in [0.1, 0.15) is 388 Å². The summed E-state index contributed by atoms with van der Waals surface area (Å²) in [6.45, 7) is 22.9. The van der Waals surface area contributed by atoms with Gasteiger partial charge in [-0.2, -0.15) is 0 Å². The summed E-state index contributed by atoms with van der Waals surface area (Å²) in [6.07, 6.45) is 73.6. The Morgan fingerprint density at radius 3 is 0.716 bits per heavy atom. The van der Waals surface area contributed by atoms with Crippen molar-refractivity contribution >= 4 is 0 Å². The van der Waals surface area contributed by atoms with Crippen molar-refractivity contribution in [2.75, 3.05) is 0 Å². The lowest BCUT2D eigenvalue weighted by molar-refractivity contribution is 0.244. The summed E-state index contributed by atoms with van der Waals surface area (Å²) in [6, 6.07) is 8.94. The Hall–Kier alpha value is -0.780. The van der Waals surface area contributed by atoms with Gasteiger partial charge in [-0.05, 0) is 72.7 Å². The van der Waals surface area contributed by atoms with E-state index in [0.29, 0.717) is 0 Å². The molecule has 1 aromatic rings. The first-order valence-corrected chi connectivity index (χ1v) is 35.3. The molecule has 0 radical (unpaired) electrons. The molecule has 5 rings (SSSR count). The molecule has 0 atom stereocenters. The van der Waals surface area contributed by atoms with E-state index in [0.717, 1.165) is 47.3 Å². The van der Waals surface area contributed by atoms with Crippen molar-refractivity contribution in [2.45, 2.75) is 390 Å². The molecule has 0 bridgehead atoms. The maximum Gasteiger partial charge on any atom is -0.0279 e. The minimum absolute atomic E-state index is 1.09. The third-order valence-electron chi connectivity index (χ3n) is 19.2. The molecule has 0 saturated heterocycles. The first-order valence-electron chi connectivity index (χ1n) is 35.3. The molecule has 0 aliphatic heterocycles. The lowest BCUT2D eigenvalue weighted by Gasteiger charge is -2.28. The van der Waals surface area contributed by atoms with Crippen LogP contribution in [0.5, 0.6) is 0 Å². The molecule has 1 aromatic carbocycles. The zero-order valence-electron chi connectivity index (χ0n) is 53.3. The van der Waals surface area contributed by atoms with Gasteiger partial charge in [0, 0.05) is 0 Å². The molecular weight excluding hydrogens is 889 g/mol. The standard InChI is InChI=1S/C18H36.C16H32.C14H22.C14H28.C12H24/c1-3-5-7-9-11-17-13-15-18(16-14-17)12-10-8-6-4-2;1-3-5-7-9-15-11-13-16(14-12-15)10-8-6-4-2;1-3-4-5-6-7-8-14-11-9-13(2)10-12-14;1-3-5-7-13-9-11-14(12-10-13)8-6-4-2;1-3-5-11-7-9-12(6-4-2)10-8-11/h17-18H,3-16H2,1-2H3;15-16H,3-14H2,1-2H3;9-12H,3-8H2,1-2H3;13-14H,3-12H2,1-2H3;11-12H,3-10H2,1-2H3. The molecule has 0 nitrogen and oxygen atoms in total. The van der Waals surface area contributed by atoms with E-state index in [1.54, 1.807) is 51.4 Å². The van der Waals surface area contributed by atoms with Gasteiger partial charge >= 0.3 is 0 Å². The predicted octanol–water partition coefficient (Wildman–Crippen LogP) is 26.8. The van der Waals surface area contributed by atoms with Crippen molar-refractivity contribution < 1.29 is 0 Å². The van der Waals surface area contributed by atoms with E-state index in [-0.39, 0.29) is 0 Å². The van der Waals surface area contributed by atoms with Crippen molar-refractivity contribution in [1.29, 1.82) is 0 Å². The number of aryl methyl sites for hydroxylation is 2. The lowest BCUT2D eigenvalue weighted by atomic mass is 9.78. The SMILES string of the molecule is CCCC1CCC(CCC)CC1.CCCCC1CCC(CCCC)CC1.CCCCCC1CCC(CCCCC)CC1.CCCCCCC1CCC(CCCCCC)CC1.CCCCCCCc1ccc(C)cc1. The Morgan fingerprint density at radius 1 is 0.230 bits per heavy atom. The average molecular weight is 1030 g/mol. The van der Waals surface area contributed by atoms with Crippen LogP contribution in [-0.4, -0.2) is 0 Å². The van der Waals surface area contributed by atoms with Gasteiger partial charge in [-0.25, -0.2) is 0 Å². The number of unbranched alkanes of at least 4 members (excludes halogenated alkanes) is 16. The fraction of sp³-hybridized carbons (Fsp3) is 0.919. The Balaban J connectivity index is 0.000000465. The summed E-state index contributed by atoms with van der Waals surface area (Å²) >= 11 is 0. The van der Waals surface area contributed by atoms with Gasteiger partial charge in [0.15, 0.2) is 0 Å². The van der Waals surface area contributed by atoms with Gasteiger partial charge in [-0.1, -0.05) is 400 Å². The van der Waals surface area contributed by atoms with E-state index in [1.807, 2.05) is 0 Å². The zero-order valence-corrected chi connectivity index (χ0v) is 53.3. The lowest BCUT2D eigenvalue weighted by Crippen LogP contribution is -2.14. The second-order valence-electron chi connectivity index (χ2n) is 26.2. The Kier molecular flexibility index (Phi) is 50.9. The first-order chi connectivity index (χ1) is 36.3. The van der Waals surface area contributed by atoms with Crippen LogP contribution in [0, 0.1) is 54.3 Å². The largest absolute Gasteiger partial charge is 0.0654 e. The summed E-state index contributed by atoms with van der Waals surface area (Å²) in [5.74, 6) is 8.72. The van der Waals surface area contributed by atoms with E-state index in [4.69, 9.17) is 0 Å². The third-order valence-corrected chi connectivity index (χ3v) is 19.2. The van der Waals surface area contributed by atoms with Crippen molar-refractivity contribution in [1.82, 2.24) is 0 Å². The highest BCUT2D eigenvalue weighted by Crippen LogP contribution is 2.37. The van der Waals surface area contributed by atoms with Crippen molar-refractivity contribution in [2.24, 2.45) is 47.3 Å². The number of rotatable bonds is 34. The van der Waals surface area contributed by atoms with Crippen molar-refractivity contribution in [3.8, 4) is 0 Å². The Bertz CT molecular complexity index is 1130. The van der Waals surface area contributed by atoms with E-state index < -0.39 is 0 Å². The van der Waals surface area contributed by atoms with E-state index in [9.17, 15) is 0 Å². The fourth-order valence-corrected chi connectivity index (χ4v) is 13.8. The molecule has 74 heavy (non-hydrogen) atoms. The number of benzene rings is 1. The van der Waals surface area contributed by atoms with Gasteiger partial charge in [0.05, 0.1) is 0 Å². The molecule has 438 valence electrons. The highest BCUT2D eigenvalue weighted by molar-refractivity contribution is 5.21. The molecule has 0 aromatic heterocycles. The quantitative estimate of drug-likeness (QED) is 0.0604. The van der Waals surface area contributed by atoms with Crippen LogP contribution in [0.15, 0.2) is 24.3 Å². The summed E-state index contributed by atoms with van der Waals surface area (Å²) in [5, 5.41) is 0. The fourth-order valence-electron chi connectivity index (χ4n) is 13.8. The van der Waals surface area contributed by atoms with Crippen LogP contribution in [-0.2, 0) is 6.42 Å². The Morgan fingerprint density at radius 2 is 0.446 bits per heavy atom. The van der Waals surface area contributed by atoms with Crippen molar-refractivity contribution in [3.63, 3.8) is 0 Å². The third kappa shape index (κ3) is 41.3. The summed E-state index contributed by atoms with van der Waals surface area (Å²) in [5.41, 5.74) is 2.85. The van der Waals surface area contributed by atoms with E-state index >= 15 is 0 Å². The molecule has 0 amide bonds. The zero-order chi connectivity index (χ0) is 54.0. The van der Waals surface area contributed by atoms with Crippen LogP contribution in [0.4, 0.5) is 0 Å². The predicted molar refractivity (Wildman–Crippen MR) is 340 cm³/mol. The highest BCUT2D eigenvalue weighted by Gasteiger charge is 2.23. The van der Waals surface area contributed by atoms with Crippen LogP contribution in [0.25, 0.3) is 0 Å². The number of hydrogen-bond donors (Lipinski definition) is 0. The van der Waals surface area contributed by atoms with Crippen molar-refractivity contribution in [3.05, 3.63) is 35.4 Å². The molecule has 0 spiro atoms. The summed E-state index contributed by atoms with van der Waals surface area (Å²) < 4.78 is 0. The molecule has 0 heterocycles. The molecule has 0 heteroatoms. The molecule has 4 aliphatic rings. The minimum Gasteiger partial charge on any atom is -0.0654 e. The van der Waals surface area contributed by atoms with E-state index in [2.05, 4.69) is 93.5 Å². The molecular formula is C74H142. The number of hydrogen-bond acceptors (Lipinski definition) is 0. The first kappa shape index (κ1) is 71.2. The second kappa shape index (κ2) is 52.9. The second-order valence-corrected chi connectivity index (χ2v) is 26.2. The minimum atomic E-state index is 1.09. The normalized spacial score (nSPS) is 23.7. The molecule has 0 N–H and O–H groups in total. The van der Waals surface area contributed by atoms with Gasteiger partial charge in [0.2, 0.25) is 0 Å². The van der Waals surface area contributed by atoms with Crippen LogP contribution in [0.3, 0.4) is 0 Å². The molecule has 0 unspecified atom stereocenters. The summed E-state index contributed by atoms with van der Waals surface area (Å²) in [4.78, 5) is 0. The van der Waals surface area contributed by atoms with Gasteiger partial charge in [0.25, 0.3) is 0 Å². The average Bonchev–Trinajstić information content (AvgIpc) is 3.43. The maximum atomic E-state index is 2.32. The summed E-state index contributed by atoms with van der Waals surface area (Å²) in [7, 11) is 0. The molecule has 4 fully saturated rings. The molecule has 4 saturated carbocycles. The van der Waals surface area contributed by atoms with E-state index in [1.165, 1.54) is 281 Å². The maximum absolute atomic E-state index is 2.32. The topological polar surface area (TPSA) is 0 Å². The van der Waals surface area contributed by atoms with Gasteiger partial charge in [-0.3, -0.25) is 0 Å². The molecule has 4 aliphatic carbocycles. The van der Waals surface area contributed by atoms with Crippen LogP contribution in [0.2, 0.25) is 0 Å². The highest BCUT2D eigenvalue weighted by atomic mass is 14.3. The smallest absolute Gasteiger partial charge is 0.0279 e. The van der Waals surface area contributed by atoms with Gasteiger partial charge in [-0.15, -0.1) is 0 Å². The monoisotopic (exact) mass is 1030 g/mol. The van der Waals surface area contributed by atoms with Crippen LogP contribution < -0.4 is 0 Å². The van der Waals surface area contributed by atoms with Gasteiger partial charge < -0.3 is 0 Å². The Labute approximate surface area is 470 Å². The van der Waals surface area contributed by atoms with Gasteiger partial charge in [0.1, 0.15) is 0 Å². The van der Waals surface area contributed by atoms with Crippen LogP contribution >= 0.6 is 0 Å².